The van der Waals surface area contributed by atoms with Gasteiger partial charge in [-0.15, -0.1) is 0 Å². The summed E-state index contributed by atoms with van der Waals surface area (Å²) < 4.78 is 16.9. The van der Waals surface area contributed by atoms with Crippen molar-refractivity contribution in [2.75, 3.05) is 13.2 Å². The zero-order valence-corrected chi connectivity index (χ0v) is 45.2. The number of ether oxygens (including phenoxy) is 3. The predicted molar refractivity (Wildman–Crippen MR) is 289 cm³/mol. The topological polar surface area (TPSA) is 78.9 Å². The van der Waals surface area contributed by atoms with E-state index in [0.29, 0.717) is 19.3 Å². The van der Waals surface area contributed by atoms with Gasteiger partial charge < -0.3 is 14.2 Å². The van der Waals surface area contributed by atoms with Gasteiger partial charge in [0.2, 0.25) is 0 Å². The molecule has 0 radical (unpaired) electrons. The molecule has 0 aliphatic heterocycles. The molecule has 0 bridgehead atoms. The smallest absolute Gasteiger partial charge is 0.306 e. The molecule has 0 saturated heterocycles. The quantitative estimate of drug-likeness (QED) is 0.0262. The van der Waals surface area contributed by atoms with Crippen LogP contribution in [-0.2, 0) is 28.6 Å². The third-order valence-corrected chi connectivity index (χ3v) is 13.4. The first kappa shape index (κ1) is 64.9. The van der Waals surface area contributed by atoms with Crippen LogP contribution < -0.4 is 0 Å². The fourth-order valence-corrected chi connectivity index (χ4v) is 8.91. The Balaban J connectivity index is 4.34. The van der Waals surface area contributed by atoms with Crippen molar-refractivity contribution in [3.63, 3.8) is 0 Å². The molecule has 0 fully saturated rings. The number of carbonyl (C=O) groups excluding carboxylic acids is 3. The molecule has 6 nitrogen and oxygen atoms in total. The van der Waals surface area contributed by atoms with Crippen molar-refractivity contribution in [2.45, 2.75) is 335 Å². The standard InChI is InChI=1S/C61H114O6/c1-4-7-10-13-16-19-22-25-28-30-33-36-39-42-45-48-51-54-60(63)66-57-58(56-65-59(62)53-50-47-44-41-38-35-32-27-24-21-18-15-12-9-6-3)67-61(64)55-52-49-46-43-40-37-34-31-29-26-23-20-17-14-11-8-5-2/h25,27-28,32,58H,4-24,26,29-31,33-57H2,1-3H3/b28-25-,32-27-. The zero-order valence-electron chi connectivity index (χ0n) is 45.2. The summed E-state index contributed by atoms with van der Waals surface area (Å²) in [6, 6.07) is 0. The highest BCUT2D eigenvalue weighted by molar-refractivity contribution is 5.71. The lowest BCUT2D eigenvalue weighted by Crippen LogP contribution is -2.30. The molecule has 0 aromatic carbocycles. The normalized spacial score (nSPS) is 12.1. The molecule has 6 heteroatoms. The van der Waals surface area contributed by atoms with Gasteiger partial charge in [0.15, 0.2) is 6.10 Å². The second-order valence-corrected chi connectivity index (χ2v) is 20.3. The van der Waals surface area contributed by atoms with Crippen LogP contribution in [0.25, 0.3) is 0 Å². The lowest BCUT2D eigenvalue weighted by molar-refractivity contribution is -0.167. The maximum absolute atomic E-state index is 12.9. The molecular weight excluding hydrogens is 829 g/mol. The highest BCUT2D eigenvalue weighted by Crippen LogP contribution is 2.17. The second-order valence-electron chi connectivity index (χ2n) is 20.3. The first-order chi connectivity index (χ1) is 33.0. The summed E-state index contributed by atoms with van der Waals surface area (Å²) in [5, 5.41) is 0. The third kappa shape index (κ3) is 54.7. The number of rotatable bonds is 55. The van der Waals surface area contributed by atoms with Gasteiger partial charge in [0.05, 0.1) is 0 Å². The summed E-state index contributed by atoms with van der Waals surface area (Å²) >= 11 is 0. The van der Waals surface area contributed by atoms with E-state index in [0.717, 1.165) is 64.2 Å². The first-order valence-electron chi connectivity index (χ1n) is 29.8. The van der Waals surface area contributed by atoms with Gasteiger partial charge in [0.1, 0.15) is 13.2 Å². The van der Waals surface area contributed by atoms with E-state index in [1.54, 1.807) is 0 Å². The van der Waals surface area contributed by atoms with E-state index < -0.39 is 6.10 Å². The minimum atomic E-state index is -0.772. The molecule has 0 heterocycles. The van der Waals surface area contributed by atoms with Crippen molar-refractivity contribution >= 4 is 17.9 Å². The minimum absolute atomic E-state index is 0.0717. The molecule has 0 N–H and O–H groups in total. The molecule has 0 aliphatic rings. The van der Waals surface area contributed by atoms with Crippen LogP contribution in [0.5, 0.6) is 0 Å². The van der Waals surface area contributed by atoms with E-state index in [9.17, 15) is 14.4 Å². The zero-order chi connectivity index (χ0) is 48.6. The lowest BCUT2D eigenvalue weighted by Gasteiger charge is -2.18. The lowest BCUT2D eigenvalue weighted by atomic mass is 10.0. The van der Waals surface area contributed by atoms with E-state index in [2.05, 4.69) is 45.1 Å². The molecule has 0 rings (SSSR count). The number of unbranched alkanes of at least 4 members (excludes halogenated alkanes) is 40. The van der Waals surface area contributed by atoms with Gasteiger partial charge in [-0.3, -0.25) is 14.4 Å². The fourth-order valence-electron chi connectivity index (χ4n) is 8.91. The van der Waals surface area contributed by atoms with Crippen LogP contribution in [0.1, 0.15) is 329 Å². The Hall–Kier alpha value is -2.11. The Morgan fingerprint density at radius 3 is 0.746 bits per heavy atom. The van der Waals surface area contributed by atoms with Crippen molar-refractivity contribution in [1.29, 1.82) is 0 Å². The largest absolute Gasteiger partial charge is 0.462 e. The summed E-state index contributed by atoms with van der Waals surface area (Å²) in [4.78, 5) is 38.2. The molecule has 0 aromatic heterocycles. The van der Waals surface area contributed by atoms with Crippen LogP contribution in [0.15, 0.2) is 24.3 Å². The SMILES string of the molecule is CCCCCCCC/C=C\CCCCCCCCCC(=O)OCC(COC(=O)CCCCCCC/C=C\CCCCCCCC)OC(=O)CCCCCCCCCCCCCCCCCCC. The Labute approximate surface area is 417 Å². The van der Waals surface area contributed by atoms with Crippen LogP contribution >= 0.6 is 0 Å². The third-order valence-electron chi connectivity index (χ3n) is 13.4. The van der Waals surface area contributed by atoms with Crippen LogP contribution in [0.3, 0.4) is 0 Å². The van der Waals surface area contributed by atoms with Gasteiger partial charge >= 0.3 is 17.9 Å². The molecule has 0 aromatic rings. The number of hydrogen-bond acceptors (Lipinski definition) is 6. The molecule has 1 unspecified atom stereocenters. The van der Waals surface area contributed by atoms with Gasteiger partial charge in [-0.25, -0.2) is 0 Å². The maximum atomic E-state index is 12.9. The van der Waals surface area contributed by atoms with Gasteiger partial charge in [-0.1, -0.05) is 263 Å². The molecule has 394 valence electrons. The molecular formula is C61H114O6. The monoisotopic (exact) mass is 943 g/mol. The van der Waals surface area contributed by atoms with E-state index in [1.807, 2.05) is 0 Å². The second kappa shape index (κ2) is 56.5. The van der Waals surface area contributed by atoms with Crippen molar-refractivity contribution < 1.29 is 28.6 Å². The van der Waals surface area contributed by atoms with E-state index in [4.69, 9.17) is 14.2 Å². The van der Waals surface area contributed by atoms with Crippen LogP contribution in [-0.4, -0.2) is 37.2 Å². The Morgan fingerprint density at radius 1 is 0.284 bits per heavy atom. The molecule has 0 aliphatic carbocycles. The van der Waals surface area contributed by atoms with E-state index >= 15 is 0 Å². The van der Waals surface area contributed by atoms with Crippen molar-refractivity contribution in [2.24, 2.45) is 0 Å². The summed E-state index contributed by atoms with van der Waals surface area (Å²) in [5.74, 6) is -0.862. The summed E-state index contributed by atoms with van der Waals surface area (Å²) in [5.41, 5.74) is 0. The molecule has 0 spiro atoms. The van der Waals surface area contributed by atoms with Crippen LogP contribution in [0.4, 0.5) is 0 Å². The Bertz CT molecular complexity index is 1080. The molecule has 1 atom stereocenters. The van der Waals surface area contributed by atoms with E-state index in [1.165, 1.54) is 225 Å². The molecule has 0 amide bonds. The fraction of sp³-hybridized carbons (Fsp3) is 0.885. The predicted octanol–water partition coefficient (Wildman–Crippen LogP) is 19.9. The number of esters is 3. The van der Waals surface area contributed by atoms with Crippen molar-refractivity contribution in [1.82, 2.24) is 0 Å². The highest BCUT2D eigenvalue weighted by atomic mass is 16.6. The highest BCUT2D eigenvalue weighted by Gasteiger charge is 2.19. The summed E-state index contributed by atoms with van der Waals surface area (Å²) in [6.45, 7) is 6.67. The Morgan fingerprint density at radius 2 is 0.493 bits per heavy atom. The average molecular weight is 944 g/mol. The van der Waals surface area contributed by atoms with Crippen molar-refractivity contribution in [3.05, 3.63) is 24.3 Å². The first-order valence-corrected chi connectivity index (χ1v) is 29.8. The van der Waals surface area contributed by atoms with Gasteiger partial charge in [-0.05, 0) is 70.6 Å². The summed E-state index contributed by atoms with van der Waals surface area (Å²) in [6.07, 6.45) is 65.9. The Kier molecular flexibility index (Phi) is 54.7. The average Bonchev–Trinajstić information content (AvgIpc) is 3.33. The number of carbonyl (C=O) groups is 3. The van der Waals surface area contributed by atoms with Gasteiger partial charge in [0, 0.05) is 19.3 Å². The van der Waals surface area contributed by atoms with Crippen molar-refractivity contribution in [3.8, 4) is 0 Å². The van der Waals surface area contributed by atoms with Crippen LogP contribution in [0, 0.1) is 0 Å². The number of allylic oxidation sites excluding steroid dienone is 4. The molecule has 0 saturated carbocycles. The van der Waals surface area contributed by atoms with Gasteiger partial charge in [0.25, 0.3) is 0 Å². The number of hydrogen-bond donors (Lipinski definition) is 0. The minimum Gasteiger partial charge on any atom is -0.462 e. The molecule has 67 heavy (non-hydrogen) atoms. The van der Waals surface area contributed by atoms with Crippen LogP contribution in [0.2, 0.25) is 0 Å². The van der Waals surface area contributed by atoms with E-state index in [-0.39, 0.29) is 31.1 Å². The van der Waals surface area contributed by atoms with Gasteiger partial charge in [-0.2, -0.15) is 0 Å². The summed E-state index contributed by atoms with van der Waals surface area (Å²) in [7, 11) is 0. The maximum Gasteiger partial charge on any atom is 0.306 e.